The van der Waals surface area contributed by atoms with Gasteiger partial charge >= 0.3 is 38.0 Å². The first-order valence-electron chi connectivity index (χ1n) is 26.8. The number of anilines is 2. The van der Waals surface area contributed by atoms with Crippen LogP contribution in [0.5, 0.6) is 0 Å². The number of aromatic nitrogens is 4. The van der Waals surface area contributed by atoms with Crippen molar-refractivity contribution >= 4 is 60.8 Å². The van der Waals surface area contributed by atoms with Gasteiger partial charge in [-0.2, -0.15) is 9.97 Å². The van der Waals surface area contributed by atoms with Crippen molar-refractivity contribution in [2.24, 2.45) is 0 Å². The van der Waals surface area contributed by atoms with Gasteiger partial charge in [0.2, 0.25) is 5.91 Å². The van der Waals surface area contributed by atoms with E-state index in [1.807, 2.05) is 0 Å². The molecule has 0 aliphatic carbocycles. The number of aryl methyl sites for hydroxylation is 2. The van der Waals surface area contributed by atoms with Gasteiger partial charge in [-0.25, -0.2) is 24.0 Å². The van der Waals surface area contributed by atoms with Crippen LogP contribution in [0.25, 0.3) is 0 Å². The maximum absolute atomic E-state index is 12.4. The fourth-order valence-corrected chi connectivity index (χ4v) is 22.3. The number of carbonyl (C=O) groups is 4. The average molecular weight is 1050 g/mol. The van der Waals surface area contributed by atoms with Gasteiger partial charge in [-0.05, 0) is 115 Å². The molecule has 71 heavy (non-hydrogen) atoms. The lowest BCUT2D eigenvalue weighted by atomic mass is 10.1. The first kappa shape index (κ1) is 62.7. The minimum atomic E-state index is -2.42. The second kappa shape index (κ2) is 35.7. The summed E-state index contributed by atoms with van der Waals surface area (Å²) in [5.41, 5.74) is -0.704. The zero-order valence-electron chi connectivity index (χ0n) is 44.9. The summed E-state index contributed by atoms with van der Waals surface area (Å²) in [5.74, 6) is 0.395. The molecule has 0 unspecified atom stereocenters. The molecular weight excluding hydrogens is 955 g/mol. The highest BCUT2D eigenvalue weighted by atomic mass is 28.5. The molecule has 0 saturated carbocycles. The number of unbranched alkanes of at least 4 members (excludes halogenated alkanes) is 13. The molecule has 0 fully saturated rings. The van der Waals surface area contributed by atoms with E-state index >= 15 is 0 Å². The van der Waals surface area contributed by atoms with Crippen LogP contribution in [0.4, 0.5) is 26.0 Å². The van der Waals surface area contributed by atoms with E-state index in [1.165, 1.54) is 0 Å². The predicted octanol–water partition coefficient (Wildman–Crippen LogP) is 9.15. The Bertz CT molecular complexity index is 1830. The normalized spacial score (nSPS) is 11.8. The van der Waals surface area contributed by atoms with E-state index in [0.29, 0.717) is 58.1 Å². The molecule has 0 spiro atoms. The van der Waals surface area contributed by atoms with Crippen LogP contribution in [0, 0.1) is 0 Å². The standard InChI is InChI=1S/C49H93N11O8Si3/c1-9-11-13-24-36-59-38-29-42(57-48(59)65)55-44(61)28-20-16-15-17-21-31-50-45(62)52-34-26-40-69(3,4)67-71(7,8)68-70(5,6)41-27-35-53-46(63)51-32-22-18-19-23-33-54-47(64)56-43-30-39-60(49(66)58-43)37-25-14-12-10-2/h29-30,38-39H,9-28,31-37,40-41H2,1-8H3,(H2,50,52,62)(H2,51,53,63)(H,55,57,61,65)(H2,54,56,58,64,66). The van der Waals surface area contributed by atoms with Crippen molar-refractivity contribution in [1.29, 1.82) is 0 Å². The highest BCUT2D eigenvalue weighted by molar-refractivity contribution is 6.87. The fraction of sp³-hybridized carbons (Fsp3) is 0.755. The van der Waals surface area contributed by atoms with E-state index in [4.69, 9.17) is 8.23 Å². The second-order valence-electron chi connectivity index (χ2n) is 20.3. The Morgan fingerprint density at radius 1 is 0.479 bits per heavy atom. The molecule has 2 heterocycles. The average Bonchev–Trinajstić information content (AvgIpc) is 3.29. The lowest BCUT2D eigenvalue weighted by molar-refractivity contribution is -0.116. The molecule has 7 N–H and O–H groups in total. The number of rotatable bonds is 39. The van der Waals surface area contributed by atoms with E-state index in [9.17, 15) is 28.8 Å². The first-order valence-corrected chi connectivity index (χ1v) is 35.8. The summed E-state index contributed by atoms with van der Waals surface area (Å²) in [7, 11) is -6.52. The van der Waals surface area contributed by atoms with E-state index in [2.05, 4.69) is 100 Å². The molecular formula is C49H93N11O8Si3. The number of nitrogens with zero attached hydrogens (tertiary/aromatic N) is 4. The topological polar surface area (TPSA) is 241 Å². The minimum Gasteiger partial charge on any atom is -0.437 e. The zero-order valence-corrected chi connectivity index (χ0v) is 47.9. The molecule has 0 aliphatic heterocycles. The minimum absolute atomic E-state index is 0.141. The molecule has 0 radical (unpaired) electrons. The van der Waals surface area contributed by atoms with Crippen molar-refractivity contribution in [3.63, 3.8) is 0 Å². The van der Waals surface area contributed by atoms with Gasteiger partial charge in [0.25, 0.3) is 0 Å². The van der Waals surface area contributed by atoms with Crippen molar-refractivity contribution in [3.8, 4) is 0 Å². The van der Waals surface area contributed by atoms with E-state index in [0.717, 1.165) is 134 Å². The summed E-state index contributed by atoms with van der Waals surface area (Å²) in [6.07, 6.45) is 21.9. The van der Waals surface area contributed by atoms with Gasteiger partial charge in [0.15, 0.2) is 16.6 Å². The lowest BCUT2D eigenvalue weighted by Gasteiger charge is -2.38. The van der Waals surface area contributed by atoms with Crippen LogP contribution < -0.4 is 48.6 Å². The molecule has 22 heteroatoms. The fourth-order valence-electron chi connectivity index (χ4n) is 8.28. The van der Waals surface area contributed by atoms with Crippen molar-refractivity contribution in [3.05, 3.63) is 45.5 Å². The van der Waals surface area contributed by atoms with Gasteiger partial charge in [0.1, 0.15) is 11.6 Å². The van der Waals surface area contributed by atoms with Crippen LogP contribution in [-0.2, 0) is 26.1 Å². The Hall–Kier alpha value is -4.39. The number of nitrogens with one attached hydrogen (secondary N) is 7. The smallest absolute Gasteiger partial charge is 0.349 e. The molecule has 0 bridgehead atoms. The van der Waals surface area contributed by atoms with Crippen molar-refractivity contribution in [2.75, 3.05) is 43.4 Å². The van der Waals surface area contributed by atoms with E-state index in [-0.39, 0.29) is 41.2 Å². The quantitative estimate of drug-likeness (QED) is 0.0247. The first-order chi connectivity index (χ1) is 33.8. The molecule has 0 aliphatic rings. The number of amides is 7. The monoisotopic (exact) mass is 1050 g/mol. The van der Waals surface area contributed by atoms with Gasteiger partial charge in [0.05, 0.1) is 0 Å². The van der Waals surface area contributed by atoms with Crippen molar-refractivity contribution < 1.29 is 27.4 Å². The maximum atomic E-state index is 12.4. The van der Waals surface area contributed by atoms with Crippen molar-refractivity contribution in [1.82, 2.24) is 45.7 Å². The van der Waals surface area contributed by atoms with Gasteiger partial charge in [0, 0.05) is 64.6 Å². The SMILES string of the molecule is CCCCCCn1ccc(NC(=O)CCCCCCCNC(=O)NCCC[Si](C)(C)O[Si](C)(C)O[Si](C)(C)CCCNC(=O)NCCCCCCNC(=O)Nc2ccn(CCCCCC)c(=O)n2)nc1=O. The van der Waals surface area contributed by atoms with Crippen LogP contribution in [0.3, 0.4) is 0 Å². The third-order valence-corrected chi connectivity index (χ3v) is 23.3. The summed E-state index contributed by atoms with van der Waals surface area (Å²) in [6, 6.07) is 4.40. The van der Waals surface area contributed by atoms with Gasteiger partial charge in [-0.15, -0.1) is 0 Å². The van der Waals surface area contributed by atoms with Crippen LogP contribution in [-0.4, -0.2) is 101 Å². The Morgan fingerprint density at radius 2 is 0.845 bits per heavy atom. The van der Waals surface area contributed by atoms with Crippen LogP contribution in [0.2, 0.25) is 51.4 Å². The van der Waals surface area contributed by atoms with Gasteiger partial charge < -0.3 is 40.1 Å². The number of urea groups is 3. The third-order valence-electron chi connectivity index (χ3n) is 11.8. The van der Waals surface area contributed by atoms with Gasteiger partial charge in [-0.3, -0.25) is 19.2 Å². The Labute approximate surface area is 427 Å². The van der Waals surface area contributed by atoms with Crippen LogP contribution in [0.1, 0.15) is 142 Å². The molecule has 2 aromatic heterocycles. The molecule has 19 nitrogen and oxygen atoms in total. The highest BCUT2D eigenvalue weighted by Gasteiger charge is 2.39. The van der Waals surface area contributed by atoms with Crippen LogP contribution >= 0.6 is 0 Å². The number of hydrogen-bond donors (Lipinski definition) is 7. The summed E-state index contributed by atoms with van der Waals surface area (Å²) in [6.45, 7) is 21.5. The molecule has 7 amide bonds. The summed E-state index contributed by atoms with van der Waals surface area (Å²) in [5, 5.41) is 20.0. The van der Waals surface area contributed by atoms with E-state index in [1.54, 1.807) is 33.7 Å². The van der Waals surface area contributed by atoms with Crippen LogP contribution in [0.15, 0.2) is 34.1 Å². The van der Waals surface area contributed by atoms with Gasteiger partial charge in [-0.1, -0.05) is 84.5 Å². The Morgan fingerprint density at radius 3 is 1.27 bits per heavy atom. The Balaban J connectivity index is 1.46. The predicted molar refractivity (Wildman–Crippen MR) is 293 cm³/mol. The molecule has 2 aromatic rings. The third kappa shape index (κ3) is 31.6. The molecule has 0 aromatic carbocycles. The molecule has 0 atom stereocenters. The largest absolute Gasteiger partial charge is 0.437 e. The number of hydrogen-bond acceptors (Lipinski definition) is 10. The Kier molecular flexibility index (Phi) is 31.5. The summed E-state index contributed by atoms with van der Waals surface area (Å²) < 4.78 is 16.6. The van der Waals surface area contributed by atoms with Crippen molar-refractivity contribution in [2.45, 2.75) is 207 Å². The molecule has 404 valence electrons. The highest BCUT2D eigenvalue weighted by Crippen LogP contribution is 2.26. The van der Waals surface area contributed by atoms with E-state index < -0.39 is 25.2 Å². The zero-order chi connectivity index (χ0) is 52.4. The maximum Gasteiger partial charge on any atom is 0.349 e. The molecule has 0 saturated heterocycles. The number of carbonyl (C=O) groups excluding carboxylic acids is 4. The second-order valence-corrected chi connectivity index (χ2v) is 32.7. The molecule has 2 rings (SSSR count). The lowest BCUT2D eigenvalue weighted by Crippen LogP contribution is -2.52. The summed E-state index contributed by atoms with van der Waals surface area (Å²) in [4.78, 5) is 81.8. The summed E-state index contributed by atoms with van der Waals surface area (Å²) >= 11 is 0.